The number of β-amino-alcohol motifs (C(OH)–C–C–N with tert-alkyl or cyclic N) is 1. The number of hydrogen-bond acceptors (Lipinski definition) is 4. The Labute approximate surface area is 107 Å². The maximum absolute atomic E-state index is 11.5. The van der Waals surface area contributed by atoms with E-state index in [4.69, 9.17) is 5.14 Å². The molecule has 0 saturated carbocycles. The summed E-state index contributed by atoms with van der Waals surface area (Å²) in [5, 5.41) is 15.3. The van der Waals surface area contributed by atoms with Crippen molar-refractivity contribution in [3.05, 3.63) is 24.3 Å². The van der Waals surface area contributed by atoms with Crippen LogP contribution in [0.15, 0.2) is 29.2 Å². The van der Waals surface area contributed by atoms with E-state index >= 15 is 0 Å². The zero-order valence-corrected chi connectivity index (χ0v) is 11.2. The number of nitrogens with two attached hydrogens (primary N) is 1. The lowest BCUT2D eigenvalue weighted by molar-refractivity contribution is 0.0448. The average Bonchev–Trinajstić information content (AvgIpc) is 2.26. The molecule has 18 heavy (non-hydrogen) atoms. The van der Waals surface area contributed by atoms with Gasteiger partial charge in [-0.15, -0.1) is 0 Å². The van der Waals surface area contributed by atoms with Gasteiger partial charge in [0.2, 0.25) is 10.0 Å². The molecule has 1 aliphatic rings. The second kappa shape index (κ2) is 4.53. The average molecular weight is 270 g/mol. The highest BCUT2D eigenvalue weighted by Crippen LogP contribution is 2.29. The molecular formula is C12H18N2O3S. The molecule has 100 valence electrons. The smallest absolute Gasteiger partial charge is 0.240 e. The van der Waals surface area contributed by atoms with Gasteiger partial charge >= 0.3 is 0 Å². The highest BCUT2D eigenvalue weighted by Gasteiger charge is 2.30. The first-order chi connectivity index (χ1) is 8.30. The van der Waals surface area contributed by atoms with E-state index in [2.05, 4.69) is 0 Å². The molecule has 1 aliphatic heterocycles. The third-order valence-electron chi connectivity index (χ3n) is 3.19. The van der Waals surface area contributed by atoms with Gasteiger partial charge in [0.25, 0.3) is 0 Å². The summed E-state index contributed by atoms with van der Waals surface area (Å²) in [6, 6.07) is 6.63. The second-order valence-corrected chi connectivity index (χ2v) is 6.56. The first-order valence-electron chi connectivity index (χ1n) is 5.89. The van der Waals surface area contributed by atoms with Gasteiger partial charge in [0, 0.05) is 13.1 Å². The molecule has 0 aliphatic carbocycles. The van der Waals surface area contributed by atoms with Crippen LogP contribution in [0.4, 0.5) is 5.69 Å². The van der Waals surface area contributed by atoms with Crippen molar-refractivity contribution in [1.82, 2.24) is 0 Å². The Balaban J connectivity index is 2.40. The van der Waals surface area contributed by atoms with E-state index in [1.807, 2.05) is 4.90 Å². The van der Waals surface area contributed by atoms with Crippen LogP contribution in [-0.2, 0) is 10.0 Å². The van der Waals surface area contributed by atoms with Crippen LogP contribution in [0, 0.1) is 0 Å². The van der Waals surface area contributed by atoms with E-state index in [1.54, 1.807) is 25.1 Å². The molecule has 0 spiro atoms. The number of aliphatic hydroxyl groups is 1. The minimum Gasteiger partial charge on any atom is -0.388 e. The Morgan fingerprint density at radius 1 is 1.39 bits per heavy atom. The highest BCUT2D eigenvalue weighted by molar-refractivity contribution is 7.89. The van der Waals surface area contributed by atoms with Gasteiger partial charge in [-0.2, -0.15) is 0 Å². The van der Waals surface area contributed by atoms with Gasteiger partial charge in [0.15, 0.2) is 0 Å². The molecule has 2 rings (SSSR count). The third-order valence-corrected chi connectivity index (χ3v) is 4.15. The number of nitrogens with zero attached hydrogens (tertiary/aromatic N) is 1. The summed E-state index contributed by atoms with van der Waals surface area (Å²) in [5.74, 6) is 0. The van der Waals surface area contributed by atoms with E-state index in [0.29, 0.717) is 12.2 Å². The van der Waals surface area contributed by atoms with Gasteiger partial charge < -0.3 is 10.0 Å². The van der Waals surface area contributed by atoms with Crippen molar-refractivity contribution in [1.29, 1.82) is 0 Å². The SMILES string of the molecule is CC1(O)CCCN(c2ccccc2S(N)(=O)=O)C1. The number of piperidine rings is 1. The summed E-state index contributed by atoms with van der Waals surface area (Å²) in [6.07, 6.45) is 1.55. The van der Waals surface area contributed by atoms with Crippen LogP contribution in [0.25, 0.3) is 0 Å². The van der Waals surface area contributed by atoms with E-state index in [1.165, 1.54) is 6.07 Å². The van der Waals surface area contributed by atoms with Crippen molar-refractivity contribution >= 4 is 15.7 Å². The van der Waals surface area contributed by atoms with Gasteiger partial charge in [-0.25, -0.2) is 13.6 Å². The van der Waals surface area contributed by atoms with Crippen molar-refractivity contribution in [3.63, 3.8) is 0 Å². The fraction of sp³-hybridized carbons (Fsp3) is 0.500. The topological polar surface area (TPSA) is 83.6 Å². The summed E-state index contributed by atoms with van der Waals surface area (Å²) in [4.78, 5) is 1.99. The number of para-hydroxylation sites is 1. The van der Waals surface area contributed by atoms with Crippen molar-refractivity contribution in [2.45, 2.75) is 30.3 Å². The number of benzene rings is 1. The molecule has 1 aromatic rings. The van der Waals surface area contributed by atoms with Crippen LogP contribution in [0.5, 0.6) is 0 Å². The maximum Gasteiger partial charge on any atom is 0.240 e. The van der Waals surface area contributed by atoms with E-state index in [-0.39, 0.29) is 4.90 Å². The molecular weight excluding hydrogens is 252 g/mol. The minimum atomic E-state index is -3.74. The molecule has 0 aromatic heterocycles. The highest BCUT2D eigenvalue weighted by atomic mass is 32.2. The normalized spacial score (nSPS) is 25.2. The van der Waals surface area contributed by atoms with E-state index in [9.17, 15) is 13.5 Å². The Morgan fingerprint density at radius 3 is 2.67 bits per heavy atom. The standard InChI is InChI=1S/C12H18N2O3S/c1-12(15)7-4-8-14(9-12)10-5-2-3-6-11(10)18(13,16)17/h2-3,5-6,15H,4,7-9H2,1H3,(H2,13,16,17). The molecule has 5 nitrogen and oxygen atoms in total. The molecule has 0 radical (unpaired) electrons. The third kappa shape index (κ3) is 2.82. The van der Waals surface area contributed by atoms with Crippen LogP contribution in [0.3, 0.4) is 0 Å². The molecule has 0 amide bonds. The first kappa shape index (κ1) is 13.3. The lowest BCUT2D eigenvalue weighted by atomic mass is 9.95. The molecule has 1 atom stereocenters. The zero-order valence-electron chi connectivity index (χ0n) is 10.3. The summed E-state index contributed by atoms with van der Waals surface area (Å²) in [7, 11) is -3.74. The Kier molecular flexibility index (Phi) is 3.35. The van der Waals surface area contributed by atoms with Gasteiger partial charge in [0.05, 0.1) is 11.3 Å². The van der Waals surface area contributed by atoms with E-state index < -0.39 is 15.6 Å². The molecule has 6 heteroatoms. The molecule has 1 unspecified atom stereocenters. The van der Waals surface area contributed by atoms with Crippen molar-refractivity contribution in [2.75, 3.05) is 18.0 Å². The van der Waals surface area contributed by atoms with Crippen LogP contribution < -0.4 is 10.0 Å². The Hall–Kier alpha value is -1.11. The molecule has 3 N–H and O–H groups in total. The molecule has 1 heterocycles. The van der Waals surface area contributed by atoms with Crippen molar-refractivity contribution in [2.24, 2.45) is 5.14 Å². The Morgan fingerprint density at radius 2 is 2.06 bits per heavy atom. The number of hydrogen-bond donors (Lipinski definition) is 2. The fourth-order valence-corrected chi connectivity index (χ4v) is 3.14. The van der Waals surface area contributed by atoms with Gasteiger partial charge in [-0.3, -0.25) is 0 Å². The molecule has 1 aromatic carbocycles. The maximum atomic E-state index is 11.5. The molecule has 1 saturated heterocycles. The van der Waals surface area contributed by atoms with Crippen LogP contribution >= 0.6 is 0 Å². The summed E-state index contributed by atoms with van der Waals surface area (Å²) in [6.45, 7) is 2.90. The Bertz CT molecular complexity index is 540. The number of primary sulfonamides is 1. The lowest BCUT2D eigenvalue weighted by Crippen LogP contribution is -2.46. The predicted molar refractivity (Wildman–Crippen MR) is 69.9 cm³/mol. The monoisotopic (exact) mass is 270 g/mol. The largest absolute Gasteiger partial charge is 0.388 e. The van der Waals surface area contributed by atoms with Crippen LogP contribution in [0.1, 0.15) is 19.8 Å². The number of anilines is 1. The quantitative estimate of drug-likeness (QED) is 0.828. The number of rotatable bonds is 2. The molecule has 0 bridgehead atoms. The lowest BCUT2D eigenvalue weighted by Gasteiger charge is -2.38. The summed E-state index contributed by atoms with van der Waals surface area (Å²) >= 11 is 0. The molecule has 1 fully saturated rings. The second-order valence-electron chi connectivity index (χ2n) is 5.03. The zero-order chi connectivity index (χ0) is 13.4. The minimum absolute atomic E-state index is 0.114. The van der Waals surface area contributed by atoms with E-state index in [0.717, 1.165) is 19.4 Å². The van der Waals surface area contributed by atoms with Gasteiger partial charge in [-0.1, -0.05) is 12.1 Å². The van der Waals surface area contributed by atoms with Crippen LogP contribution in [0.2, 0.25) is 0 Å². The summed E-state index contributed by atoms with van der Waals surface area (Å²) in [5.41, 5.74) is -0.219. The van der Waals surface area contributed by atoms with Gasteiger partial charge in [0.1, 0.15) is 4.90 Å². The van der Waals surface area contributed by atoms with Crippen molar-refractivity contribution < 1.29 is 13.5 Å². The first-order valence-corrected chi connectivity index (χ1v) is 7.43. The predicted octanol–water partition coefficient (Wildman–Crippen LogP) is 0.685. The van der Waals surface area contributed by atoms with Crippen molar-refractivity contribution in [3.8, 4) is 0 Å². The summed E-state index contributed by atoms with van der Waals surface area (Å²) < 4.78 is 23.1. The van der Waals surface area contributed by atoms with Crippen LogP contribution in [-0.4, -0.2) is 32.2 Å². The number of sulfonamides is 1. The fourth-order valence-electron chi connectivity index (χ4n) is 2.38. The van der Waals surface area contributed by atoms with Gasteiger partial charge in [-0.05, 0) is 31.9 Å².